The van der Waals surface area contributed by atoms with Gasteiger partial charge in [-0.25, -0.2) is 0 Å². The number of hydrogen-bond donors (Lipinski definition) is 1. The molecule has 2 unspecified atom stereocenters. The van der Waals surface area contributed by atoms with Crippen LogP contribution in [0.2, 0.25) is 0 Å². The number of ether oxygens (including phenoxy) is 1. The molecule has 1 heterocycles. The molecular formula is C16H24O2. The van der Waals surface area contributed by atoms with Crippen molar-refractivity contribution in [2.24, 2.45) is 5.92 Å². The number of hydrogen-bond acceptors (Lipinski definition) is 2. The second-order valence-corrected chi connectivity index (χ2v) is 5.55. The van der Waals surface area contributed by atoms with Crippen molar-refractivity contribution in [1.82, 2.24) is 0 Å². The highest BCUT2D eigenvalue weighted by atomic mass is 16.5. The molecule has 0 saturated heterocycles. The van der Waals surface area contributed by atoms with Crippen LogP contribution in [0, 0.1) is 5.92 Å². The van der Waals surface area contributed by atoms with Gasteiger partial charge in [-0.3, -0.25) is 0 Å². The minimum atomic E-state index is -0.177. The SMILES string of the molecule is CC(C)C(O)CCCC1OCCc2ccccc21. The van der Waals surface area contributed by atoms with Crippen LogP contribution < -0.4 is 0 Å². The van der Waals surface area contributed by atoms with Crippen LogP contribution >= 0.6 is 0 Å². The highest BCUT2D eigenvalue weighted by Gasteiger charge is 2.20. The zero-order chi connectivity index (χ0) is 13.0. The van der Waals surface area contributed by atoms with Gasteiger partial charge < -0.3 is 9.84 Å². The minimum Gasteiger partial charge on any atom is -0.393 e. The van der Waals surface area contributed by atoms with Crippen LogP contribution in [-0.2, 0) is 11.2 Å². The molecule has 0 fully saturated rings. The molecule has 1 aliphatic rings. The van der Waals surface area contributed by atoms with E-state index in [-0.39, 0.29) is 12.2 Å². The van der Waals surface area contributed by atoms with Crippen LogP contribution in [-0.4, -0.2) is 17.8 Å². The zero-order valence-electron chi connectivity index (χ0n) is 11.4. The number of rotatable bonds is 5. The molecule has 0 aliphatic carbocycles. The number of aliphatic hydroxyl groups excluding tert-OH is 1. The fraction of sp³-hybridized carbons (Fsp3) is 0.625. The molecule has 100 valence electrons. The highest BCUT2D eigenvalue weighted by Crippen LogP contribution is 2.31. The van der Waals surface area contributed by atoms with Crippen molar-refractivity contribution in [2.45, 2.75) is 51.7 Å². The van der Waals surface area contributed by atoms with Gasteiger partial charge in [0.25, 0.3) is 0 Å². The van der Waals surface area contributed by atoms with Crippen LogP contribution in [0.3, 0.4) is 0 Å². The summed E-state index contributed by atoms with van der Waals surface area (Å²) >= 11 is 0. The third-order valence-electron chi connectivity index (χ3n) is 3.83. The van der Waals surface area contributed by atoms with E-state index in [1.807, 2.05) is 0 Å². The molecule has 0 spiro atoms. The quantitative estimate of drug-likeness (QED) is 0.864. The molecule has 1 aromatic carbocycles. The summed E-state index contributed by atoms with van der Waals surface area (Å²) < 4.78 is 5.87. The third-order valence-corrected chi connectivity index (χ3v) is 3.83. The summed E-state index contributed by atoms with van der Waals surface area (Å²) in [6, 6.07) is 8.57. The molecule has 1 aliphatic heterocycles. The van der Waals surface area contributed by atoms with E-state index in [9.17, 15) is 5.11 Å². The molecule has 18 heavy (non-hydrogen) atoms. The maximum absolute atomic E-state index is 9.81. The van der Waals surface area contributed by atoms with Crippen molar-refractivity contribution >= 4 is 0 Å². The summed E-state index contributed by atoms with van der Waals surface area (Å²) in [4.78, 5) is 0. The lowest BCUT2D eigenvalue weighted by molar-refractivity contribution is 0.0301. The summed E-state index contributed by atoms with van der Waals surface area (Å²) in [5.74, 6) is 0.351. The van der Waals surface area contributed by atoms with E-state index < -0.39 is 0 Å². The largest absolute Gasteiger partial charge is 0.393 e. The summed E-state index contributed by atoms with van der Waals surface area (Å²) in [6.45, 7) is 4.96. The van der Waals surface area contributed by atoms with Gasteiger partial charge in [-0.15, -0.1) is 0 Å². The van der Waals surface area contributed by atoms with E-state index >= 15 is 0 Å². The Hall–Kier alpha value is -0.860. The van der Waals surface area contributed by atoms with E-state index in [0.29, 0.717) is 5.92 Å². The fourth-order valence-electron chi connectivity index (χ4n) is 2.56. The van der Waals surface area contributed by atoms with Crippen molar-refractivity contribution in [1.29, 1.82) is 0 Å². The molecule has 0 radical (unpaired) electrons. The topological polar surface area (TPSA) is 29.5 Å². The molecule has 0 amide bonds. The maximum atomic E-state index is 9.81. The van der Waals surface area contributed by atoms with Crippen molar-refractivity contribution < 1.29 is 9.84 Å². The van der Waals surface area contributed by atoms with E-state index in [1.54, 1.807) is 0 Å². The normalized spacial score (nSPS) is 20.8. The predicted octanol–water partition coefficient (Wildman–Crippen LogP) is 3.49. The Morgan fingerprint density at radius 3 is 2.89 bits per heavy atom. The first-order chi connectivity index (χ1) is 8.68. The van der Waals surface area contributed by atoms with E-state index in [2.05, 4.69) is 38.1 Å². The first kappa shape index (κ1) is 13.6. The van der Waals surface area contributed by atoms with Gasteiger partial charge in [0, 0.05) is 0 Å². The van der Waals surface area contributed by atoms with Crippen molar-refractivity contribution in [3.8, 4) is 0 Å². The van der Waals surface area contributed by atoms with Gasteiger partial charge >= 0.3 is 0 Å². The van der Waals surface area contributed by atoms with E-state index in [1.165, 1.54) is 11.1 Å². The second kappa shape index (κ2) is 6.35. The average molecular weight is 248 g/mol. The van der Waals surface area contributed by atoms with Crippen LogP contribution in [0.4, 0.5) is 0 Å². The van der Waals surface area contributed by atoms with Crippen LogP contribution in [0.1, 0.15) is 50.3 Å². The first-order valence-electron chi connectivity index (χ1n) is 7.06. The number of benzene rings is 1. The van der Waals surface area contributed by atoms with E-state index in [4.69, 9.17) is 4.74 Å². The Balaban J connectivity index is 1.88. The smallest absolute Gasteiger partial charge is 0.0827 e. The molecule has 1 N–H and O–H groups in total. The molecule has 0 saturated carbocycles. The van der Waals surface area contributed by atoms with E-state index in [0.717, 1.165) is 32.3 Å². The zero-order valence-corrected chi connectivity index (χ0v) is 11.4. The Kier molecular flexibility index (Phi) is 4.79. The fourth-order valence-corrected chi connectivity index (χ4v) is 2.56. The summed E-state index contributed by atoms with van der Waals surface area (Å²) in [5.41, 5.74) is 2.78. The van der Waals surface area contributed by atoms with Gasteiger partial charge in [0.2, 0.25) is 0 Å². The van der Waals surface area contributed by atoms with Crippen molar-refractivity contribution in [2.75, 3.05) is 6.61 Å². The molecular weight excluding hydrogens is 224 g/mol. The maximum Gasteiger partial charge on any atom is 0.0827 e. The Bertz CT molecular complexity index is 373. The molecule has 2 heteroatoms. The lowest BCUT2D eigenvalue weighted by Crippen LogP contribution is -2.18. The lowest BCUT2D eigenvalue weighted by atomic mass is 9.93. The van der Waals surface area contributed by atoms with Crippen molar-refractivity contribution in [3.05, 3.63) is 35.4 Å². The van der Waals surface area contributed by atoms with Gasteiger partial charge in [-0.2, -0.15) is 0 Å². The highest BCUT2D eigenvalue weighted by molar-refractivity contribution is 5.30. The van der Waals surface area contributed by atoms with Gasteiger partial charge in [-0.05, 0) is 42.7 Å². The standard InChI is InChI=1S/C16H24O2/c1-12(2)15(17)8-5-9-16-14-7-4-3-6-13(14)10-11-18-16/h3-4,6-7,12,15-17H,5,8-11H2,1-2H3. The van der Waals surface area contributed by atoms with Gasteiger partial charge in [0.05, 0.1) is 18.8 Å². The Labute approximate surface area is 110 Å². The molecule has 1 aromatic rings. The molecule has 2 rings (SSSR count). The predicted molar refractivity (Wildman–Crippen MR) is 73.5 cm³/mol. The first-order valence-corrected chi connectivity index (χ1v) is 7.06. The molecule has 2 atom stereocenters. The van der Waals surface area contributed by atoms with Crippen molar-refractivity contribution in [3.63, 3.8) is 0 Å². The second-order valence-electron chi connectivity index (χ2n) is 5.55. The van der Waals surface area contributed by atoms with Gasteiger partial charge in [0.15, 0.2) is 0 Å². The summed E-state index contributed by atoms with van der Waals surface area (Å²) in [7, 11) is 0. The lowest BCUT2D eigenvalue weighted by Gasteiger charge is -2.26. The monoisotopic (exact) mass is 248 g/mol. The number of fused-ring (bicyclic) bond motifs is 1. The van der Waals surface area contributed by atoms with Crippen LogP contribution in [0.15, 0.2) is 24.3 Å². The van der Waals surface area contributed by atoms with Gasteiger partial charge in [0.1, 0.15) is 0 Å². The minimum absolute atomic E-state index is 0.177. The third kappa shape index (κ3) is 3.33. The molecule has 2 nitrogen and oxygen atoms in total. The average Bonchev–Trinajstić information content (AvgIpc) is 2.38. The molecule has 0 aromatic heterocycles. The summed E-state index contributed by atoms with van der Waals surface area (Å²) in [6.07, 6.45) is 4.00. The Morgan fingerprint density at radius 1 is 1.33 bits per heavy atom. The Morgan fingerprint density at radius 2 is 2.11 bits per heavy atom. The van der Waals surface area contributed by atoms with Gasteiger partial charge in [-0.1, -0.05) is 38.1 Å². The number of aliphatic hydroxyl groups is 1. The summed E-state index contributed by atoms with van der Waals surface area (Å²) in [5, 5.41) is 9.81. The molecule has 0 bridgehead atoms. The van der Waals surface area contributed by atoms with Crippen LogP contribution in [0.25, 0.3) is 0 Å². The van der Waals surface area contributed by atoms with Crippen LogP contribution in [0.5, 0.6) is 0 Å².